The molecule has 0 saturated heterocycles. The van der Waals surface area contributed by atoms with Gasteiger partial charge in [-0.2, -0.15) is 11.8 Å². The van der Waals surface area contributed by atoms with Crippen molar-refractivity contribution in [3.05, 3.63) is 48.8 Å². The monoisotopic (exact) mass is 427 g/mol. The number of thioether (sulfide) groups is 1. The maximum atomic E-state index is 12.4. The first kappa shape index (κ1) is 21.5. The molecule has 0 saturated carbocycles. The van der Waals surface area contributed by atoms with E-state index in [0.717, 1.165) is 23.1 Å². The fraction of sp³-hybridized carbons (Fsp3) is 0.286. The second-order valence-corrected chi connectivity index (χ2v) is 7.43. The van der Waals surface area contributed by atoms with Crippen LogP contribution < -0.4 is 20.7 Å². The highest BCUT2D eigenvalue weighted by Crippen LogP contribution is 2.27. The van der Waals surface area contributed by atoms with Crippen molar-refractivity contribution >= 4 is 40.5 Å². The molecule has 30 heavy (non-hydrogen) atoms. The zero-order valence-electron chi connectivity index (χ0n) is 17.0. The molecule has 3 amide bonds. The Morgan fingerprint density at radius 1 is 1.13 bits per heavy atom. The standard InChI is InChI=1S/C21H25N5O3S/c1-3-22-20(27)25-19-14-17(7-10-23-19)29-16-5-6-18-15(13-16)8-11-26(18)21(28)24-9-4-12-30-2/h5-8,10-11,13-14H,3-4,9,12H2,1-2H3,(H,24,28)(H2,22,23,25,27). The number of hydrogen-bond donors (Lipinski definition) is 3. The summed E-state index contributed by atoms with van der Waals surface area (Å²) >= 11 is 1.76. The molecule has 3 aromatic rings. The molecular weight excluding hydrogens is 402 g/mol. The molecule has 0 aliphatic rings. The van der Waals surface area contributed by atoms with Gasteiger partial charge < -0.3 is 15.4 Å². The Morgan fingerprint density at radius 2 is 1.97 bits per heavy atom. The Kier molecular flexibility index (Phi) is 7.56. The van der Waals surface area contributed by atoms with Crippen molar-refractivity contribution in [1.82, 2.24) is 20.2 Å². The van der Waals surface area contributed by atoms with Gasteiger partial charge in [0.1, 0.15) is 17.3 Å². The van der Waals surface area contributed by atoms with Crippen LogP contribution in [0.4, 0.5) is 15.4 Å². The van der Waals surface area contributed by atoms with E-state index >= 15 is 0 Å². The van der Waals surface area contributed by atoms with Crippen LogP contribution in [0.25, 0.3) is 10.9 Å². The van der Waals surface area contributed by atoms with Gasteiger partial charge in [-0.1, -0.05) is 0 Å². The highest BCUT2D eigenvalue weighted by molar-refractivity contribution is 7.98. The van der Waals surface area contributed by atoms with Gasteiger partial charge in [-0.3, -0.25) is 9.88 Å². The number of pyridine rings is 1. The van der Waals surface area contributed by atoms with Crippen molar-refractivity contribution in [1.29, 1.82) is 0 Å². The largest absolute Gasteiger partial charge is 0.457 e. The van der Waals surface area contributed by atoms with Gasteiger partial charge in [-0.15, -0.1) is 0 Å². The molecule has 8 nitrogen and oxygen atoms in total. The summed E-state index contributed by atoms with van der Waals surface area (Å²) in [7, 11) is 0. The van der Waals surface area contributed by atoms with Gasteiger partial charge in [0.15, 0.2) is 0 Å². The number of nitrogens with one attached hydrogen (secondary N) is 3. The molecule has 0 spiro atoms. The summed E-state index contributed by atoms with van der Waals surface area (Å²) in [6.45, 7) is 3.01. The van der Waals surface area contributed by atoms with Crippen molar-refractivity contribution < 1.29 is 14.3 Å². The van der Waals surface area contributed by atoms with Crippen LogP contribution in [0.2, 0.25) is 0 Å². The van der Waals surface area contributed by atoms with Gasteiger partial charge in [-0.05, 0) is 55.7 Å². The minimum absolute atomic E-state index is 0.144. The number of ether oxygens (including phenoxy) is 1. The molecular formula is C21H25N5O3S. The summed E-state index contributed by atoms with van der Waals surface area (Å²) < 4.78 is 7.50. The first-order valence-electron chi connectivity index (χ1n) is 9.67. The number of amides is 3. The Bertz CT molecular complexity index is 1020. The van der Waals surface area contributed by atoms with Gasteiger partial charge in [-0.25, -0.2) is 14.6 Å². The minimum Gasteiger partial charge on any atom is -0.457 e. The van der Waals surface area contributed by atoms with E-state index in [-0.39, 0.29) is 12.1 Å². The van der Waals surface area contributed by atoms with Crippen molar-refractivity contribution in [2.24, 2.45) is 0 Å². The number of aromatic nitrogens is 2. The second kappa shape index (κ2) is 10.5. The van der Waals surface area contributed by atoms with E-state index in [9.17, 15) is 9.59 Å². The normalized spacial score (nSPS) is 10.6. The molecule has 1 aromatic carbocycles. The van der Waals surface area contributed by atoms with E-state index in [4.69, 9.17) is 4.74 Å². The van der Waals surface area contributed by atoms with Crippen LogP contribution in [0.5, 0.6) is 11.5 Å². The van der Waals surface area contributed by atoms with Crippen LogP contribution in [0.1, 0.15) is 13.3 Å². The number of anilines is 1. The predicted octanol–water partition coefficient (Wildman–Crippen LogP) is 4.28. The van der Waals surface area contributed by atoms with Gasteiger partial charge in [0, 0.05) is 36.9 Å². The summed E-state index contributed by atoms with van der Waals surface area (Å²) in [5, 5.41) is 9.12. The number of rotatable bonds is 8. The van der Waals surface area contributed by atoms with Crippen molar-refractivity contribution in [3.63, 3.8) is 0 Å². The first-order chi connectivity index (χ1) is 14.6. The maximum Gasteiger partial charge on any atom is 0.326 e. The number of carbonyl (C=O) groups excluding carboxylic acids is 2. The third-order valence-corrected chi connectivity index (χ3v) is 4.92. The van der Waals surface area contributed by atoms with Crippen molar-refractivity contribution in [3.8, 4) is 11.5 Å². The van der Waals surface area contributed by atoms with Crippen LogP contribution in [-0.4, -0.2) is 46.7 Å². The Hall–Kier alpha value is -3.20. The fourth-order valence-electron chi connectivity index (χ4n) is 2.86. The van der Waals surface area contributed by atoms with Crippen molar-refractivity contribution in [2.75, 3.05) is 30.4 Å². The average molecular weight is 428 g/mol. The number of benzene rings is 1. The molecule has 0 bridgehead atoms. The average Bonchev–Trinajstić information content (AvgIpc) is 3.15. The predicted molar refractivity (Wildman–Crippen MR) is 121 cm³/mol. The summed E-state index contributed by atoms with van der Waals surface area (Å²) in [6, 6.07) is 10.3. The van der Waals surface area contributed by atoms with E-state index < -0.39 is 0 Å². The molecule has 3 N–H and O–H groups in total. The number of urea groups is 1. The summed E-state index contributed by atoms with van der Waals surface area (Å²) in [6.07, 6.45) is 6.30. The van der Waals surface area contributed by atoms with Gasteiger partial charge >= 0.3 is 12.1 Å². The number of fused-ring (bicyclic) bond motifs is 1. The molecule has 0 radical (unpaired) electrons. The molecule has 3 rings (SSSR count). The zero-order valence-corrected chi connectivity index (χ0v) is 17.8. The Morgan fingerprint density at radius 3 is 2.77 bits per heavy atom. The molecule has 0 unspecified atom stereocenters. The Balaban J connectivity index is 1.68. The van der Waals surface area contributed by atoms with Crippen LogP contribution >= 0.6 is 11.8 Å². The quantitative estimate of drug-likeness (QED) is 0.466. The SMILES string of the molecule is CCNC(=O)Nc1cc(Oc2ccc3c(ccn3C(=O)NCCCSC)c2)ccn1. The smallest absolute Gasteiger partial charge is 0.326 e. The molecule has 2 aromatic heterocycles. The van der Waals surface area contributed by atoms with E-state index in [1.807, 2.05) is 31.4 Å². The Labute approximate surface area is 179 Å². The number of nitrogens with zero attached hydrogens (tertiary/aromatic N) is 2. The number of hydrogen-bond acceptors (Lipinski definition) is 5. The van der Waals surface area contributed by atoms with Crippen molar-refractivity contribution in [2.45, 2.75) is 13.3 Å². The van der Waals surface area contributed by atoms with Gasteiger partial charge in [0.25, 0.3) is 0 Å². The van der Waals surface area contributed by atoms with Crippen LogP contribution in [0.15, 0.2) is 48.8 Å². The number of carbonyl (C=O) groups is 2. The van der Waals surface area contributed by atoms with Gasteiger partial charge in [0.2, 0.25) is 0 Å². The molecule has 0 atom stereocenters. The third-order valence-electron chi connectivity index (χ3n) is 4.23. The lowest BCUT2D eigenvalue weighted by Gasteiger charge is -2.10. The molecule has 0 fully saturated rings. The van der Waals surface area contributed by atoms with E-state index in [1.165, 1.54) is 0 Å². The summed E-state index contributed by atoms with van der Waals surface area (Å²) in [4.78, 5) is 28.2. The highest BCUT2D eigenvalue weighted by atomic mass is 32.2. The summed E-state index contributed by atoms with van der Waals surface area (Å²) in [5.74, 6) is 2.57. The molecule has 2 heterocycles. The first-order valence-corrected chi connectivity index (χ1v) is 11.1. The van der Waals surface area contributed by atoms with E-state index in [1.54, 1.807) is 46.9 Å². The van der Waals surface area contributed by atoms with E-state index in [2.05, 4.69) is 20.9 Å². The highest BCUT2D eigenvalue weighted by Gasteiger charge is 2.10. The lowest BCUT2D eigenvalue weighted by molar-refractivity contribution is 0.243. The van der Waals surface area contributed by atoms with Gasteiger partial charge in [0.05, 0.1) is 5.52 Å². The third kappa shape index (κ3) is 5.66. The molecule has 0 aliphatic heterocycles. The second-order valence-electron chi connectivity index (χ2n) is 6.45. The van der Waals surface area contributed by atoms with Crippen LogP contribution in [-0.2, 0) is 0 Å². The maximum absolute atomic E-state index is 12.4. The lowest BCUT2D eigenvalue weighted by Crippen LogP contribution is -2.29. The molecule has 158 valence electrons. The summed E-state index contributed by atoms with van der Waals surface area (Å²) in [5.41, 5.74) is 0.804. The molecule has 9 heteroatoms. The van der Waals surface area contributed by atoms with E-state index in [0.29, 0.717) is 30.4 Å². The van der Waals surface area contributed by atoms with Crippen LogP contribution in [0.3, 0.4) is 0 Å². The topological polar surface area (TPSA) is 97.3 Å². The lowest BCUT2D eigenvalue weighted by atomic mass is 10.2. The minimum atomic E-state index is -0.323. The molecule has 0 aliphatic carbocycles. The van der Waals surface area contributed by atoms with Crippen LogP contribution in [0, 0.1) is 0 Å². The fourth-order valence-corrected chi connectivity index (χ4v) is 3.29. The zero-order chi connectivity index (χ0) is 21.3.